The van der Waals surface area contributed by atoms with Crippen molar-refractivity contribution in [2.75, 3.05) is 6.61 Å². The van der Waals surface area contributed by atoms with Gasteiger partial charge in [-0.05, 0) is 31.2 Å². The third kappa shape index (κ3) is 5.99. The van der Waals surface area contributed by atoms with E-state index in [0.717, 1.165) is 31.2 Å². The minimum absolute atomic E-state index is 0.00510. The molecule has 1 aliphatic rings. The quantitative estimate of drug-likeness (QED) is 0.541. The minimum atomic E-state index is -0.736. The molecule has 0 N–H and O–H groups in total. The van der Waals surface area contributed by atoms with Gasteiger partial charge < -0.3 is 9.47 Å². The second-order valence-electron chi connectivity index (χ2n) is 5.95. The maximum absolute atomic E-state index is 11.8. The molecule has 5 heteroatoms. The smallest absolute Gasteiger partial charge is 0.334 e. The van der Waals surface area contributed by atoms with Crippen LogP contribution in [0, 0.1) is 0 Å². The lowest BCUT2D eigenvalue weighted by molar-refractivity contribution is -0.150. The van der Waals surface area contributed by atoms with Crippen LogP contribution in [0.15, 0.2) is 42.5 Å². The largest absolute Gasteiger partial charge is 0.462 e. The van der Waals surface area contributed by atoms with Crippen molar-refractivity contribution in [3.8, 4) is 0 Å². The number of ether oxygens (including phenoxy) is 2. The molecular formula is C19H22O5. The summed E-state index contributed by atoms with van der Waals surface area (Å²) in [7, 11) is 0. The Morgan fingerprint density at radius 1 is 1.08 bits per heavy atom. The monoisotopic (exact) mass is 330 g/mol. The lowest BCUT2D eigenvalue weighted by atomic mass is 10.1. The number of hydrogen-bond acceptors (Lipinski definition) is 5. The zero-order chi connectivity index (χ0) is 17.4. The zero-order valence-corrected chi connectivity index (χ0v) is 13.7. The van der Waals surface area contributed by atoms with Crippen molar-refractivity contribution in [2.45, 2.75) is 44.6 Å². The number of hydrogen-bond donors (Lipinski definition) is 0. The Hall–Kier alpha value is -2.43. The van der Waals surface area contributed by atoms with Gasteiger partial charge >= 0.3 is 11.9 Å². The maximum atomic E-state index is 11.8. The normalized spacial score (nSPS) is 14.2. The van der Waals surface area contributed by atoms with Crippen LogP contribution in [0.1, 0.15) is 37.7 Å². The van der Waals surface area contributed by atoms with Crippen LogP contribution in [-0.2, 0) is 30.3 Å². The van der Waals surface area contributed by atoms with Crippen molar-refractivity contribution in [3.63, 3.8) is 0 Å². The fourth-order valence-electron chi connectivity index (χ4n) is 2.60. The van der Waals surface area contributed by atoms with E-state index in [4.69, 9.17) is 9.47 Å². The summed E-state index contributed by atoms with van der Waals surface area (Å²) in [4.78, 5) is 35.3. The molecule has 128 valence electrons. The average molecular weight is 330 g/mol. The van der Waals surface area contributed by atoms with Gasteiger partial charge in [-0.15, -0.1) is 0 Å². The highest BCUT2D eigenvalue weighted by Gasteiger charge is 2.21. The summed E-state index contributed by atoms with van der Waals surface area (Å²) in [6.07, 6.45) is 3.81. The predicted octanol–water partition coefficient (Wildman–Crippen LogP) is 2.77. The van der Waals surface area contributed by atoms with Crippen LogP contribution in [-0.4, -0.2) is 30.4 Å². The van der Waals surface area contributed by atoms with Gasteiger partial charge in [-0.1, -0.05) is 36.9 Å². The lowest BCUT2D eigenvalue weighted by Gasteiger charge is -2.12. The van der Waals surface area contributed by atoms with Gasteiger partial charge in [0.2, 0.25) is 0 Å². The second kappa shape index (κ2) is 9.01. The first-order valence-corrected chi connectivity index (χ1v) is 8.14. The van der Waals surface area contributed by atoms with Crippen molar-refractivity contribution >= 4 is 17.7 Å². The third-order valence-corrected chi connectivity index (χ3v) is 3.86. The summed E-state index contributed by atoms with van der Waals surface area (Å²) >= 11 is 0. The van der Waals surface area contributed by atoms with Crippen LogP contribution < -0.4 is 0 Å². The Morgan fingerprint density at radius 3 is 2.42 bits per heavy atom. The molecule has 1 aliphatic carbocycles. The Bertz CT molecular complexity index is 599. The number of carbonyl (C=O) groups excluding carboxylic acids is 3. The van der Waals surface area contributed by atoms with Gasteiger partial charge in [0.1, 0.15) is 6.10 Å². The van der Waals surface area contributed by atoms with E-state index in [0.29, 0.717) is 0 Å². The highest BCUT2D eigenvalue weighted by molar-refractivity contribution is 5.94. The number of esters is 2. The van der Waals surface area contributed by atoms with Gasteiger partial charge in [0.05, 0.1) is 6.42 Å². The Balaban J connectivity index is 1.68. The van der Waals surface area contributed by atoms with Crippen molar-refractivity contribution in [2.24, 2.45) is 0 Å². The second-order valence-corrected chi connectivity index (χ2v) is 5.95. The molecule has 2 rings (SSSR count). The first-order chi connectivity index (χ1) is 11.5. The van der Waals surface area contributed by atoms with Crippen LogP contribution in [0.4, 0.5) is 0 Å². The molecule has 5 nitrogen and oxygen atoms in total. The SMILES string of the molecule is C=C(CC(=O)OC1CCCC1)C(=O)OCC(=O)Cc1ccccc1. The molecule has 0 bridgehead atoms. The van der Waals surface area contributed by atoms with Crippen LogP contribution in [0.2, 0.25) is 0 Å². The number of Topliss-reactive ketones (excluding diaryl/α,β-unsaturated/α-hetero) is 1. The summed E-state index contributed by atoms with van der Waals surface area (Å²) in [6, 6.07) is 9.21. The molecule has 1 saturated carbocycles. The van der Waals surface area contributed by atoms with E-state index in [1.807, 2.05) is 30.3 Å². The van der Waals surface area contributed by atoms with Crippen LogP contribution in [0.3, 0.4) is 0 Å². The summed E-state index contributed by atoms with van der Waals surface area (Å²) in [5, 5.41) is 0. The summed E-state index contributed by atoms with van der Waals surface area (Å²) < 4.78 is 10.2. The first kappa shape index (κ1) is 17.9. The number of carbonyl (C=O) groups is 3. The van der Waals surface area contributed by atoms with E-state index in [-0.39, 0.29) is 36.9 Å². The van der Waals surface area contributed by atoms with Crippen molar-refractivity contribution in [1.82, 2.24) is 0 Å². The summed E-state index contributed by atoms with van der Waals surface area (Å²) in [5.74, 6) is -1.42. The van der Waals surface area contributed by atoms with Crippen LogP contribution in [0.25, 0.3) is 0 Å². The molecule has 1 fully saturated rings. The van der Waals surface area contributed by atoms with Crippen LogP contribution in [0.5, 0.6) is 0 Å². The fraction of sp³-hybridized carbons (Fsp3) is 0.421. The van der Waals surface area contributed by atoms with E-state index >= 15 is 0 Å². The maximum Gasteiger partial charge on any atom is 0.334 e. The number of ketones is 1. The van der Waals surface area contributed by atoms with Crippen molar-refractivity contribution < 1.29 is 23.9 Å². The van der Waals surface area contributed by atoms with E-state index in [1.54, 1.807) is 0 Å². The third-order valence-electron chi connectivity index (χ3n) is 3.86. The van der Waals surface area contributed by atoms with Gasteiger partial charge in [0, 0.05) is 12.0 Å². The van der Waals surface area contributed by atoms with E-state index < -0.39 is 11.9 Å². The van der Waals surface area contributed by atoms with Gasteiger partial charge in [-0.2, -0.15) is 0 Å². The molecule has 0 heterocycles. The van der Waals surface area contributed by atoms with Crippen molar-refractivity contribution in [1.29, 1.82) is 0 Å². The molecule has 1 aromatic rings. The van der Waals surface area contributed by atoms with Crippen molar-refractivity contribution in [3.05, 3.63) is 48.0 Å². The molecule has 1 aromatic carbocycles. The molecule has 0 atom stereocenters. The van der Waals surface area contributed by atoms with Gasteiger partial charge in [-0.25, -0.2) is 4.79 Å². The Kier molecular flexibility index (Phi) is 6.73. The molecule has 0 radical (unpaired) electrons. The molecule has 0 saturated heterocycles. The minimum Gasteiger partial charge on any atom is -0.462 e. The van der Waals surface area contributed by atoms with E-state index in [2.05, 4.69) is 6.58 Å². The molecular weight excluding hydrogens is 308 g/mol. The molecule has 0 aliphatic heterocycles. The fourth-order valence-corrected chi connectivity index (χ4v) is 2.60. The van der Waals surface area contributed by atoms with E-state index in [1.165, 1.54) is 0 Å². The summed E-state index contributed by atoms with van der Waals surface area (Å²) in [5.41, 5.74) is 0.864. The van der Waals surface area contributed by atoms with Gasteiger partial charge in [0.15, 0.2) is 12.4 Å². The molecule has 0 aromatic heterocycles. The lowest BCUT2D eigenvalue weighted by Crippen LogP contribution is -2.20. The number of benzene rings is 1. The predicted molar refractivity (Wildman–Crippen MR) is 88.2 cm³/mol. The standard InChI is InChI=1S/C19H22O5/c1-14(11-18(21)24-17-9-5-6-10-17)19(22)23-13-16(20)12-15-7-3-2-4-8-15/h2-4,7-8,17H,1,5-6,9-13H2. The number of rotatable bonds is 8. The zero-order valence-electron chi connectivity index (χ0n) is 13.7. The van der Waals surface area contributed by atoms with Gasteiger partial charge in [0.25, 0.3) is 0 Å². The average Bonchev–Trinajstić information content (AvgIpc) is 3.06. The highest BCUT2D eigenvalue weighted by Crippen LogP contribution is 2.21. The molecule has 24 heavy (non-hydrogen) atoms. The Morgan fingerprint density at radius 2 is 1.75 bits per heavy atom. The molecule has 0 amide bonds. The first-order valence-electron chi connectivity index (χ1n) is 8.14. The highest BCUT2D eigenvalue weighted by atomic mass is 16.5. The topological polar surface area (TPSA) is 69.7 Å². The van der Waals surface area contributed by atoms with Crippen LogP contribution >= 0.6 is 0 Å². The summed E-state index contributed by atoms with van der Waals surface area (Å²) in [6.45, 7) is 3.22. The van der Waals surface area contributed by atoms with Gasteiger partial charge in [-0.3, -0.25) is 9.59 Å². The Labute approximate surface area is 141 Å². The molecule has 0 unspecified atom stereocenters. The van der Waals surface area contributed by atoms with E-state index in [9.17, 15) is 14.4 Å². The molecule has 0 spiro atoms.